The SMILES string of the molecule is c1ccc(-c2nc(-c3ccccc3)nc(-c3cccc4oc5cc6sc(-c7cccc8c7sc7ccccc78)nc6cc5c34)n2)cc1. The number of hydrogen-bond donors (Lipinski definition) is 0. The van der Waals surface area contributed by atoms with Crippen LogP contribution in [0.4, 0.5) is 0 Å². The lowest BCUT2D eigenvalue weighted by atomic mass is 10.0. The van der Waals surface area contributed by atoms with Crippen LogP contribution in [0.25, 0.3) is 97.1 Å². The van der Waals surface area contributed by atoms with Gasteiger partial charge in [0.15, 0.2) is 17.5 Å². The van der Waals surface area contributed by atoms with Gasteiger partial charge in [0.1, 0.15) is 16.2 Å². The van der Waals surface area contributed by atoms with Gasteiger partial charge in [0, 0.05) is 59.3 Å². The summed E-state index contributed by atoms with van der Waals surface area (Å²) in [4.78, 5) is 20.1. The summed E-state index contributed by atoms with van der Waals surface area (Å²) in [6.45, 7) is 0. The molecule has 4 aromatic heterocycles. The Morgan fingerprint density at radius 2 is 1.11 bits per heavy atom. The predicted octanol–water partition coefficient (Wildman–Crippen LogP) is 11.4. The summed E-state index contributed by atoms with van der Waals surface area (Å²) in [6.07, 6.45) is 0. The Labute approximate surface area is 276 Å². The molecular weight excluding hydrogens is 617 g/mol. The molecule has 0 spiro atoms. The fourth-order valence-corrected chi connectivity index (χ4v) is 8.68. The van der Waals surface area contributed by atoms with Crippen LogP contribution in [0.5, 0.6) is 0 Å². The van der Waals surface area contributed by atoms with Gasteiger partial charge in [0.2, 0.25) is 0 Å². The zero-order valence-corrected chi connectivity index (χ0v) is 26.3. The number of thiophene rings is 1. The Morgan fingerprint density at radius 3 is 1.89 bits per heavy atom. The summed E-state index contributed by atoms with van der Waals surface area (Å²) < 4.78 is 10.1. The number of hydrogen-bond acceptors (Lipinski definition) is 7. The Morgan fingerprint density at radius 1 is 0.447 bits per heavy atom. The largest absolute Gasteiger partial charge is 0.456 e. The molecule has 0 saturated carbocycles. The minimum absolute atomic E-state index is 0.599. The maximum atomic E-state index is 6.49. The predicted molar refractivity (Wildman–Crippen MR) is 195 cm³/mol. The Kier molecular flexibility index (Phi) is 5.85. The number of fused-ring (bicyclic) bond motifs is 7. The number of aromatic nitrogens is 4. The first-order valence-corrected chi connectivity index (χ1v) is 16.9. The van der Waals surface area contributed by atoms with Crippen molar-refractivity contribution in [3.05, 3.63) is 133 Å². The quantitative estimate of drug-likeness (QED) is 0.192. The molecule has 0 saturated heterocycles. The van der Waals surface area contributed by atoms with Crippen molar-refractivity contribution in [3.8, 4) is 44.7 Å². The van der Waals surface area contributed by atoms with Crippen LogP contribution in [-0.2, 0) is 0 Å². The van der Waals surface area contributed by atoms with Crippen molar-refractivity contribution >= 4 is 75.0 Å². The molecule has 10 aromatic rings. The van der Waals surface area contributed by atoms with Crippen LogP contribution in [0, 0.1) is 0 Å². The van der Waals surface area contributed by atoms with Gasteiger partial charge in [0.05, 0.1) is 10.2 Å². The fraction of sp³-hybridized carbons (Fsp3) is 0. The van der Waals surface area contributed by atoms with Crippen molar-refractivity contribution in [3.63, 3.8) is 0 Å². The van der Waals surface area contributed by atoms with Crippen LogP contribution in [0.2, 0.25) is 0 Å². The average Bonchev–Trinajstić information content (AvgIpc) is 3.83. The lowest BCUT2D eigenvalue weighted by Gasteiger charge is -2.09. The molecule has 0 aliphatic heterocycles. The van der Waals surface area contributed by atoms with Crippen molar-refractivity contribution in [2.24, 2.45) is 0 Å². The normalized spacial score (nSPS) is 11.8. The molecule has 0 unspecified atom stereocenters. The van der Waals surface area contributed by atoms with Gasteiger partial charge in [-0.2, -0.15) is 0 Å². The highest BCUT2D eigenvalue weighted by atomic mass is 32.1. The van der Waals surface area contributed by atoms with E-state index < -0.39 is 0 Å². The van der Waals surface area contributed by atoms with E-state index in [1.54, 1.807) is 11.3 Å². The van der Waals surface area contributed by atoms with Crippen molar-refractivity contribution < 1.29 is 4.42 Å². The molecule has 0 radical (unpaired) electrons. The third-order valence-corrected chi connectivity index (χ3v) is 10.9. The summed E-state index contributed by atoms with van der Waals surface area (Å²) in [5.74, 6) is 1.85. The lowest BCUT2D eigenvalue weighted by Crippen LogP contribution is -2.00. The minimum atomic E-state index is 0.599. The summed E-state index contributed by atoms with van der Waals surface area (Å²) in [5.41, 5.74) is 6.47. The van der Waals surface area contributed by atoms with E-state index in [-0.39, 0.29) is 0 Å². The van der Waals surface area contributed by atoms with E-state index in [2.05, 4.69) is 60.7 Å². The molecule has 4 heterocycles. The van der Waals surface area contributed by atoms with Crippen molar-refractivity contribution in [2.75, 3.05) is 0 Å². The van der Waals surface area contributed by atoms with Gasteiger partial charge in [-0.3, -0.25) is 0 Å². The standard InChI is InChI=1S/C40H22N4OS2/c1-3-11-23(12-4-1)37-42-38(24-13-5-2-6-14-24)44-39(43-37)27-17-10-19-31-35(27)29-21-30-34(22-32(29)45-31)47-40(41-30)28-18-9-16-26-25-15-7-8-20-33(25)46-36(26)28/h1-22H. The summed E-state index contributed by atoms with van der Waals surface area (Å²) in [6, 6.07) is 45.6. The third kappa shape index (κ3) is 4.28. The first kappa shape index (κ1) is 26.5. The Balaban J connectivity index is 1.17. The molecule has 6 aromatic carbocycles. The summed E-state index contributed by atoms with van der Waals surface area (Å²) in [5, 5.41) is 5.52. The number of nitrogens with zero attached hydrogens (tertiary/aromatic N) is 4. The van der Waals surface area contributed by atoms with Gasteiger partial charge in [0.25, 0.3) is 0 Å². The number of furan rings is 1. The molecule has 0 aliphatic rings. The monoisotopic (exact) mass is 638 g/mol. The van der Waals surface area contributed by atoms with E-state index in [1.165, 1.54) is 25.7 Å². The Hall–Kier alpha value is -5.76. The van der Waals surface area contributed by atoms with Crippen LogP contribution in [0.3, 0.4) is 0 Å². The fourth-order valence-electron chi connectivity index (χ4n) is 6.39. The molecule has 0 N–H and O–H groups in total. The molecule has 7 heteroatoms. The molecule has 0 fully saturated rings. The van der Waals surface area contributed by atoms with Crippen molar-refractivity contribution in [1.29, 1.82) is 0 Å². The lowest BCUT2D eigenvalue weighted by molar-refractivity contribution is 0.669. The van der Waals surface area contributed by atoms with Gasteiger partial charge < -0.3 is 4.42 Å². The molecule has 0 bridgehead atoms. The van der Waals surface area contributed by atoms with Gasteiger partial charge in [-0.05, 0) is 18.2 Å². The highest BCUT2D eigenvalue weighted by Crippen LogP contribution is 2.44. The smallest absolute Gasteiger partial charge is 0.164 e. The minimum Gasteiger partial charge on any atom is -0.456 e. The molecule has 0 aliphatic carbocycles. The van der Waals surface area contributed by atoms with Crippen LogP contribution in [0.15, 0.2) is 138 Å². The Bertz CT molecular complexity index is 2740. The highest BCUT2D eigenvalue weighted by Gasteiger charge is 2.20. The van der Waals surface area contributed by atoms with Crippen molar-refractivity contribution in [2.45, 2.75) is 0 Å². The van der Waals surface area contributed by atoms with Crippen LogP contribution in [0.1, 0.15) is 0 Å². The van der Waals surface area contributed by atoms with Crippen molar-refractivity contribution in [1.82, 2.24) is 19.9 Å². The van der Waals surface area contributed by atoms with Crippen LogP contribution >= 0.6 is 22.7 Å². The summed E-state index contributed by atoms with van der Waals surface area (Å²) in [7, 11) is 0. The van der Waals surface area contributed by atoms with Crippen LogP contribution in [-0.4, -0.2) is 19.9 Å². The van der Waals surface area contributed by atoms with Gasteiger partial charge in [-0.15, -0.1) is 22.7 Å². The zero-order valence-electron chi connectivity index (χ0n) is 24.7. The molecular formula is C40H22N4OS2. The average molecular weight is 639 g/mol. The third-order valence-electron chi connectivity index (χ3n) is 8.58. The molecule has 5 nitrogen and oxygen atoms in total. The number of thiazole rings is 1. The number of rotatable bonds is 4. The second-order valence-electron chi connectivity index (χ2n) is 11.4. The van der Waals surface area contributed by atoms with E-state index in [4.69, 9.17) is 24.4 Å². The number of benzene rings is 6. The molecule has 0 atom stereocenters. The first-order chi connectivity index (χ1) is 23.3. The van der Waals surface area contributed by atoms with E-state index in [0.29, 0.717) is 17.5 Å². The molecule has 47 heavy (non-hydrogen) atoms. The molecule has 0 amide bonds. The second kappa shape index (κ2) is 10.4. The van der Waals surface area contributed by atoms with E-state index in [9.17, 15) is 0 Å². The molecule has 220 valence electrons. The highest BCUT2D eigenvalue weighted by molar-refractivity contribution is 7.27. The maximum absolute atomic E-state index is 6.49. The van der Waals surface area contributed by atoms with Gasteiger partial charge in [-0.1, -0.05) is 109 Å². The summed E-state index contributed by atoms with van der Waals surface area (Å²) >= 11 is 3.53. The van der Waals surface area contributed by atoms with Gasteiger partial charge in [-0.25, -0.2) is 19.9 Å². The topological polar surface area (TPSA) is 64.7 Å². The van der Waals surface area contributed by atoms with E-state index in [1.807, 2.05) is 84.1 Å². The maximum Gasteiger partial charge on any atom is 0.164 e. The first-order valence-electron chi connectivity index (χ1n) is 15.3. The second-order valence-corrected chi connectivity index (χ2v) is 13.5. The van der Waals surface area contributed by atoms with E-state index >= 15 is 0 Å². The molecule has 10 rings (SSSR count). The van der Waals surface area contributed by atoms with Gasteiger partial charge >= 0.3 is 0 Å². The van der Waals surface area contributed by atoms with Crippen LogP contribution < -0.4 is 0 Å². The zero-order chi connectivity index (χ0) is 30.9. The van der Waals surface area contributed by atoms with E-state index in [0.717, 1.165) is 53.9 Å².